The summed E-state index contributed by atoms with van der Waals surface area (Å²) in [7, 11) is 0. The number of carboxylic acids is 1. The minimum atomic E-state index is -1.04. The molecule has 2 amide bonds. The van der Waals surface area contributed by atoms with Gasteiger partial charge in [-0.05, 0) is 32.0 Å². The Morgan fingerprint density at radius 2 is 2.10 bits per heavy atom. The average molecular weight is 305 g/mol. The van der Waals surface area contributed by atoms with Gasteiger partial charge in [-0.2, -0.15) is 0 Å². The third-order valence-corrected chi connectivity index (χ3v) is 3.86. The molecule has 1 aromatic carbocycles. The molecule has 0 spiro atoms. The minimum absolute atomic E-state index is 0.118. The molecular weight excluding hydrogens is 290 g/mol. The van der Waals surface area contributed by atoms with Crippen LogP contribution in [0, 0.1) is 0 Å². The number of aromatic carboxylic acids is 1. The predicted molar refractivity (Wildman–Crippen MR) is 80.7 cm³/mol. The summed E-state index contributed by atoms with van der Waals surface area (Å²) in [6, 6.07) is 5.65. The van der Waals surface area contributed by atoms with E-state index in [1.54, 1.807) is 18.3 Å². The van der Waals surface area contributed by atoms with Crippen LogP contribution < -0.4 is 10.6 Å². The standard InChI is InChI=1S/C14H15N3O3S/c1-14(2,12-15-6-7-21-12)17-13(20)16-10-5-3-4-9(8-10)11(18)19/h3-8H,1-2H3,(H,18,19)(H2,16,17,20). The van der Waals surface area contributed by atoms with Crippen LogP contribution in [0.2, 0.25) is 0 Å². The molecule has 2 aromatic rings. The van der Waals surface area contributed by atoms with Crippen LogP contribution in [-0.4, -0.2) is 22.1 Å². The molecule has 0 radical (unpaired) electrons. The zero-order valence-corrected chi connectivity index (χ0v) is 12.4. The quantitative estimate of drug-likeness (QED) is 0.810. The lowest BCUT2D eigenvalue weighted by Gasteiger charge is -2.24. The number of carboxylic acid groups (broad SMARTS) is 1. The van der Waals surface area contributed by atoms with Gasteiger partial charge in [-0.25, -0.2) is 14.6 Å². The lowest BCUT2D eigenvalue weighted by molar-refractivity contribution is 0.0697. The first-order valence-electron chi connectivity index (χ1n) is 6.21. The zero-order chi connectivity index (χ0) is 15.5. The van der Waals surface area contributed by atoms with Gasteiger partial charge >= 0.3 is 12.0 Å². The summed E-state index contributed by atoms with van der Waals surface area (Å²) >= 11 is 1.45. The highest BCUT2D eigenvalue weighted by molar-refractivity contribution is 7.09. The van der Waals surface area contributed by atoms with Crippen LogP contribution in [0.3, 0.4) is 0 Å². The van der Waals surface area contributed by atoms with Crippen molar-refractivity contribution in [1.29, 1.82) is 0 Å². The predicted octanol–water partition coefficient (Wildman–Crippen LogP) is 2.90. The second-order valence-corrected chi connectivity index (χ2v) is 5.82. The maximum atomic E-state index is 12.0. The van der Waals surface area contributed by atoms with Crippen LogP contribution in [0.4, 0.5) is 10.5 Å². The molecule has 0 saturated carbocycles. The van der Waals surface area contributed by atoms with E-state index >= 15 is 0 Å². The van der Waals surface area contributed by atoms with Gasteiger partial charge in [0.1, 0.15) is 5.01 Å². The Labute approximate surface area is 125 Å². The fourth-order valence-corrected chi connectivity index (χ4v) is 2.48. The van der Waals surface area contributed by atoms with E-state index < -0.39 is 17.5 Å². The molecule has 0 bridgehead atoms. The van der Waals surface area contributed by atoms with Crippen LogP contribution in [-0.2, 0) is 5.54 Å². The van der Waals surface area contributed by atoms with E-state index in [0.717, 1.165) is 5.01 Å². The Morgan fingerprint density at radius 1 is 1.33 bits per heavy atom. The Hall–Kier alpha value is -2.41. The lowest BCUT2D eigenvalue weighted by Crippen LogP contribution is -2.43. The summed E-state index contributed by atoms with van der Waals surface area (Å²) in [5, 5.41) is 17.0. The molecule has 0 atom stereocenters. The van der Waals surface area contributed by atoms with Crippen molar-refractivity contribution in [1.82, 2.24) is 10.3 Å². The highest BCUT2D eigenvalue weighted by atomic mass is 32.1. The number of benzene rings is 1. The fraction of sp³-hybridized carbons (Fsp3) is 0.214. The van der Waals surface area contributed by atoms with Crippen LogP contribution in [0.1, 0.15) is 29.2 Å². The molecule has 0 aliphatic rings. The highest BCUT2D eigenvalue weighted by Gasteiger charge is 2.25. The average Bonchev–Trinajstić information content (AvgIpc) is 2.92. The largest absolute Gasteiger partial charge is 0.478 e. The SMILES string of the molecule is CC(C)(NC(=O)Nc1cccc(C(=O)O)c1)c1nccs1. The molecule has 0 aliphatic heterocycles. The second-order valence-electron chi connectivity index (χ2n) is 4.93. The first-order valence-corrected chi connectivity index (χ1v) is 7.09. The van der Waals surface area contributed by atoms with Gasteiger partial charge in [-0.15, -0.1) is 11.3 Å². The number of aromatic nitrogens is 1. The monoisotopic (exact) mass is 305 g/mol. The molecule has 2 rings (SSSR count). The third kappa shape index (κ3) is 3.79. The van der Waals surface area contributed by atoms with Gasteiger partial charge in [-0.3, -0.25) is 0 Å². The summed E-state index contributed by atoms with van der Waals surface area (Å²) in [6.07, 6.45) is 1.68. The van der Waals surface area contributed by atoms with E-state index in [1.165, 1.54) is 23.5 Å². The molecule has 7 heteroatoms. The zero-order valence-electron chi connectivity index (χ0n) is 11.6. The number of carbonyl (C=O) groups excluding carboxylic acids is 1. The van der Waals surface area contributed by atoms with Crippen molar-refractivity contribution in [3.05, 3.63) is 46.4 Å². The summed E-state index contributed by atoms with van der Waals surface area (Å²) in [5.74, 6) is -1.04. The van der Waals surface area contributed by atoms with Crippen molar-refractivity contribution in [3.63, 3.8) is 0 Å². The number of rotatable bonds is 4. The molecule has 1 heterocycles. The number of hydrogen-bond donors (Lipinski definition) is 3. The molecule has 1 aromatic heterocycles. The van der Waals surface area contributed by atoms with Gasteiger partial charge < -0.3 is 15.7 Å². The van der Waals surface area contributed by atoms with Crippen molar-refractivity contribution in [3.8, 4) is 0 Å². The summed E-state index contributed by atoms with van der Waals surface area (Å²) in [4.78, 5) is 27.1. The van der Waals surface area contributed by atoms with Crippen LogP contribution in [0.25, 0.3) is 0 Å². The second kappa shape index (κ2) is 5.92. The van der Waals surface area contributed by atoms with E-state index in [0.29, 0.717) is 5.69 Å². The van der Waals surface area contributed by atoms with Gasteiger partial charge in [0, 0.05) is 17.3 Å². The van der Waals surface area contributed by atoms with Crippen LogP contribution >= 0.6 is 11.3 Å². The molecule has 0 saturated heterocycles. The number of carbonyl (C=O) groups is 2. The Balaban J connectivity index is 2.05. The number of anilines is 1. The number of hydrogen-bond acceptors (Lipinski definition) is 4. The van der Waals surface area contributed by atoms with Crippen molar-refractivity contribution in [2.75, 3.05) is 5.32 Å². The number of amides is 2. The number of thiazole rings is 1. The first kappa shape index (κ1) is 15.0. The van der Waals surface area contributed by atoms with Gasteiger partial charge in [0.05, 0.1) is 11.1 Å². The normalized spacial score (nSPS) is 11.0. The maximum absolute atomic E-state index is 12.0. The maximum Gasteiger partial charge on any atom is 0.335 e. The molecule has 0 unspecified atom stereocenters. The Bertz CT molecular complexity index is 653. The van der Waals surface area contributed by atoms with E-state index in [-0.39, 0.29) is 5.56 Å². The molecule has 0 fully saturated rings. The molecule has 6 nitrogen and oxygen atoms in total. The van der Waals surface area contributed by atoms with Crippen LogP contribution in [0.5, 0.6) is 0 Å². The topological polar surface area (TPSA) is 91.3 Å². The molecule has 3 N–H and O–H groups in total. The van der Waals surface area contributed by atoms with Gasteiger partial charge in [0.15, 0.2) is 0 Å². The van der Waals surface area contributed by atoms with Crippen molar-refractivity contribution < 1.29 is 14.7 Å². The molecule has 21 heavy (non-hydrogen) atoms. The Morgan fingerprint density at radius 3 is 2.71 bits per heavy atom. The molecule has 0 aliphatic carbocycles. The molecular formula is C14H15N3O3S. The lowest BCUT2D eigenvalue weighted by atomic mass is 10.1. The van der Waals surface area contributed by atoms with E-state index in [1.807, 2.05) is 19.2 Å². The highest BCUT2D eigenvalue weighted by Crippen LogP contribution is 2.22. The molecule has 110 valence electrons. The van der Waals surface area contributed by atoms with Crippen molar-refractivity contribution >= 4 is 29.0 Å². The smallest absolute Gasteiger partial charge is 0.335 e. The van der Waals surface area contributed by atoms with Crippen molar-refractivity contribution in [2.45, 2.75) is 19.4 Å². The van der Waals surface area contributed by atoms with Crippen LogP contribution in [0.15, 0.2) is 35.8 Å². The summed E-state index contributed by atoms with van der Waals surface area (Å²) in [5.41, 5.74) is -0.0721. The number of urea groups is 1. The van der Waals surface area contributed by atoms with Gasteiger partial charge in [0.25, 0.3) is 0 Å². The van der Waals surface area contributed by atoms with E-state index in [9.17, 15) is 9.59 Å². The van der Waals surface area contributed by atoms with Crippen molar-refractivity contribution in [2.24, 2.45) is 0 Å². The van der Waals surface area contributed by atoms with E-state index in [2.05, 4.69) is 15.6 Å². The fourth-order valence-electron chi connectivity index (χ4n) is 1.76. The van der Waals surface area contributed by atoms with Gasteiger partial charge in [-0.1, -0.05) is 6.07 Å². The van der Waals surface area contributed by atoms with E-state index in [4.69, 9.17) is 5.11 Å². The number of nitrogens with one attached hydrogen (secondary N) is 2. The number of nitrogens with zero attached hydrogens (tertiary/aromatic N) is 1. The summed E-state index contributed by atoms with van der Waals surface area (Å²) in [6.45, 7) is 3.69. The van der Waals surface area contributed by atoms with Gasteiger partial charge in [0.2, 0.25) is 0 Å². The first-order chi connectivity index (χ1) is 9.88. The minimum Gasteiger partial charge on any atom is -0.478 e. The summed E-state index contributed by atoms with van der Waals surface area (Å²) < 4.78 is 0. The Kier molecular flexibility index (Phi) is 4.23. The third-order valence-electron chi connectivity index (χ3n) is 2.76.